The van der Waals surface area contributed by atoms with Crippen molar-refractivity contribution in [2.75, 3.05) is 6.54 Å². The highest BCUT2D eigenvalue weighted by Gasteiger charge is 2.37. The van der Waals surface area contributed by atoms with Crippen molar-refractivity contribution in [1.29, 1.82) is 0 Å². The van der Waals surface area contributed by atoms with Crippen molar-refractivity contribution >= 4 is 12.4 Å². The van der Waals surface area contributed by atoms with Gasteiger partial charge in [-0.1, -0.05) is 74.0 Å². The van der Waals surface area contributed by atoms with Gasteiger partial charge in [-0.15, -0.1) is 0 Å². The van der Waals surface area contributed by atoms with E-state index in [1.165, 1.54) is 47.9 Å². The van der Waals surface area contributed by atoms with E-state index in [0.29, 0.717) is 0 Å². The van der Waals surface area contributed by atoms with Gasteiger partial charge in [-0.25, -0.2) is 0 Å². The minimum Gasteiger partial charge on any atom is -0.356 e. The molecule has 2 heteroatoms. The van der Waals surface area contributed by atoms with E-state index >= 15 is 0 Å². The molecule has 1 aliphatic heterocycles. The molecule has 0 bridgehead atoms. The molecule has 0 N–H and O–H groups in total. The fourth-order valence-electron chi connectivity index (χ4n) is 4.04. The number of hydrogen-bond donors (Lipinski definition) is 0. The van der Waals surface area contributed by atoms with Crippen LogP contribution in [-0.2, 0) is 6.54 Å². The van der Waals surface area contributed by atoms with Crippen LogP contribution >= 0.6 is 0 Å². The summed E-state index contributed by atoms with van der Waals surface area (Å²) in [5, 5.41) is 0. The summed E-state index contributed by atoms with van der Waals surface area (Å²) >= 11 is 0. The second-order valence-corrected chi connectivity index (χ2v) is 7.07. The van der Waals surface area contributed by atoms with Crippen molar-refractivity contribution in [1.82, 2.24) is 4.90 Å². The third kappa shape index (κ3) is 2.89. The van der Waals surface area contributed by atoms with Crippen molar-refractivity contribution in [3.63, 3.8) is 0 Å². The lowest BCUT2D eigenvalue weighted by molar-refractivity contribution is 0.342. The molecule has 0 unspecified atom stereocenters. The zero-order valence-electron chi connectivity index (χ0n) is 14.1. The number of nitrogens with zero attached hydrogens (tertiary/aromatic N) is 2. The molecule has 2 aliphatic rings. The van der Waals surface area contributed by atoms with Crippen molar-refractivity contribution in [2.45, 2.75) is 37.8 Å². The molecule has 2 aromatic carbocycles. The Kier molecular flexibility index (Phi) is 3.97. The van der Waals surface area contributed by atoms with Gasteiger partial charge in [-0.05, 0) is 35.1 Å². The van der Waals surface area contributed by atoms with Crippen LogP contribution in [0.15, 0.2) is 60.1 Å². The summed E-state index contributed by atoms with van der Waals surface area (Å²) in [5.74, 6) is 0. The summed E-state index contributed by atoms with van der Waals surface area (Å²) in [7, 11) is 0. The van der Waals surface area contributed by atoms with Gasteiger partial charge < -0.3 is 4.90 Å². The van der Waals surface area contributed by atoms with Gasteiger partial charge in [0.1, 0.15) is 0 Å². The van der Waals surface area contributed by atoms with E-state index in [2.05, 4.69) is 66.3 Å². The summed E-state index contributed by atoms with van der Waals surface area (Å²) in [6.07, 6.45) is 9.19. The summed E-state index contributed by atoms with van der Waals surface area (Å²) in [4.78, 5) is 7.19. The molecule has 1 spiro atoms. The Balaban J connectivity index is 1.47. The maximum atomic E-state index is 4.82. The van der Waals surface area contributed by atoms with Crippen LogP contribution in [0.5, 0.6) is 0 Å². The third-order valence-electron chi connectivity index (χ3n) is 5.36. The molecule has 0 amide bonds. The number of hydrogen-bond acceptors (Lipinski definition) is 2. The van der Waals surface area contributed by atoms with Gasteiger partial charge in [-0.2, -0.15) is 0 Å². The highest BCUT2D eigenvalue weighted by molar-refractivity contribution is 5.74. The lowest BCUT2D eigenvalue weighted by atomic mass is 9.98. The van der Waals surface area contributed by atoms with Crippen LogP contribution in [-0.4, -0.2) is 23.3 Å². The lowest BCUT2D eigenvalue weighted by Gasteiger charge is -2.23. The average Bonchev–Trinajstić information content (AvgIpc) is 3.25. The first-order valence-electron chi connectivity index (χ1n) is 8.88. The molecule has 0 atom stereocenters. The van der Waals surface area contributed by atoms with E-state index in [4.69, 9.17) is 4.99 Å². The Labute approximate surface area is 144 Å². The van der Waals surface area contributed by atoms with Crippen molar-refractivity contribution in [3.05, 3.63) is 66.2 Å². The molecule has 122 valence electrons. The van der Waals surface area contributed by atoms with Gasteiger partial charge in [0.05, 0.1) is 11.9 Å². The average molecular weight is 316 g/mol. The molecule has 0 aromatic heterocycles. The molecule has 1 heterocycles. The Morgan fingerprint density at radius 3 is 2.54 bits per heavy atom. The van der Waals surface area contributed by atoms with E-state index in [-0.39, 0.29) is 5.54 Å². The van der Waals surface area contributed by atoms with E-state index in [9.17, 15) is 0 Å². The summed E-state index contributed by atoms with van der Waals surface area (Å²) in [6.45, 7) is 5.96. The molecular weight excluding hydrogens is 292 g/mol. The van der Waals surface area contributed by atoms with Crippen LogP contribution in [0.1, 0.15) is 36.8 Å². The van der Waals surface area contributed by atoms with Gasteiger partial charge in [0.2, 0.25) is 0 Å². The smallest absolute Gasteiger partial charge is 0.0861 e. The van der Waals surface area contributed by atoms with Crippen LogP contribution in [0, 0.1) is 0 Å². The highest BCUT2D eigenvalue weighted by Crippen LogP contribution is 2.36. The predicted molar refractivity (Wildman–Crippen MR) is 102 cm³/mol. The fourth-order valence-corrected chi connectivity index (χ4v) is 4.04. The van der Waals surface area contributed by atoms with E-state index in [1.54, 1.807) is 0 Å². The van der Waals surface area contributed by atoms with Gasteiger partial charge in [-0.3, -0.25) is 4.99 Å². The third-order valence-corrected chi connectivity index (χ3v) is 5.36. The van der Waals surface area contributed by atoms with Gasteiger partial charge in [0.15, 0.2) is 0 Å². The van der Waals surface area contributed by atoms with Crippen LogP contribution in [0.3, 0.4) is 0 Å². The second-order valence-electron chi connectivity index (χ2n) is 7.07. The number of rotatable bonds is 4. The quantitative estimate of drug-likeness (QED) is 0.761. The minimum absolute atomic E-state index is 0.239. The topological polar surface area (TPSA) is 15.6 Å². The summed E-state index contributed by atoms with van der Waals surface area (Å²) in [6, 6.07) is 17.3. The fraction of sp³-hybridized carbons (Fsp3) is 0.318. The molecular formula is C22H24N2. The minimum atomic E-state index is 0.239. The predicted octanol–water partition coefficient (Wildman–Crippen LogP) is 5.15. The van der Waals surface area contributed by atoms with Crippen molar-refractivity contribution in [3.8, 4) is 11.1 Å². The zero-order chi connectivity index (χ0) is 16.4. The maximum absolute atomic E-state index is 4.82. The lowest BCUT2D eigenvalue weighted by Crippen LogP contribution is -2.31. The van der Waals surface area contributed by atoms with Crippen LogP contribution in [0.2, 0.25) is 0 Å². The maximum Gasteiger partial charge on any atom is 0.0861 e. The van der Waals surface area contributed by atoms with Crippen molar-refractivity contribution in [2.24, 2.45) is 4.99 Å². The first kappa shape index (κ1) is 15.2. The largest absolute Gasteiger partial charge is 0.356 e. The zero-order valence-corrected chi connectivity index (χ0v) is 14.1. The van der Waals surface area contributed by atoms with Crippen LogP contribution in [0.25, 0.3) is 17.2 Å². The first-order valence-corrected chi connectivity index (χ1v) is 8.88. The summed E-state index contributed by atoms with van der Waals surface area (Å²) < 4.78 is 0. The molecule has 1 aliphatic carbocycles. The van der Waals surface area contributed by atoms with Gasteiger partial charge in [0.25, 0.3) is 0 Å². The Morgan fingerprint density at radius 2 is 1.79 bits per heavy atom. The highest BCUT2D eigenvalue weighted by atomic mass is 15.2. The molecule has 2 aromatic rings. The van der Waals surface area contributed by atoms with Crippen molar-refractivity contribution < 1.29 is 0 Å². The standard InChI is InChI=1S/C22H24N2/c1-2-19-7-3-4-8-21(19)20-11-9-18(10-12-20)15-24-16-22(23-17-24)13-5-6-14-22/h2-4,7-12,17H,1,5-6,13-16H2. The molecule has 4 rings (SSSR count). The van der Waals surface area contributed by atoms with Crippen LogP contribution in [0.4, 0.5) is 0 Å². The van der Waals surface area contributed by atoms with E-state index < -0.39 is 0 Å². The number of benzene rings is 2. The van der Waals surface area contributed by atoms with Gasteiger partial charge >= 0.3 is 0 Å². The molecule has 2 nitrogen and oxygen atoms in total. The Bertz CT molecular complexity index is 752. The SMILES string of the molecule is C=Cc1ccccc1-c1ccc(CN2C=NC3(CCCC3)C2)cc1. The van der Waals surface area contributed by atoms with Gasteiger partial charge in [0, 0.05) is 13.1 Å². The molecule has 0 saturated heterocycles. The van der Waals surface area contributed by atoms with Crippen LogP contribution < -0.4 is 0 Å². The number of aliphatic imine (C=N–C) groups is 1. The molecule has 0 radical (unpaired) electrons. The van der Waals surface area contributed by atoms with E-state index in [1.807, 2.05) is 6.08 Å². The summed E-state index contributed by atoms with van der Waals surface area (Å²) in [5.41, 5.74) is 5.25. The Morgan fingerprint density at radius 1 is 1.04 bits per heavy atom. The molecule has 1 saturated carbocycles. The Hall–Kier alpha value is -2.35. The monoisotopic (exact) mass is 316 g/mol. The first-order chi connectivity index (χ1) is 11.8. The second kappa shape index (κ2) is 6.27. The molecule has 24 heavy (non-hydrogen) atoms. The normalized spacial score (nSPS) is 18.4. The van der Waals surface area contributed by atoms with E-state index in [0.717, 1.165) is 13.1 Å². The molecule has 1 fully saturated rings.